The first-order valence-corrected chi connectivity index (χ1v) is 10.0. The van der Waals surface area contributed by atoms with Crippen LogP contribution in [-0.4, -0.2) is 37.2 Å². The summed E-state index contributed by atoms with van der Waals surface area (Å²) >= 11 is 0. The Balaban J connectivity index is 1.46. The van der Waals surface area contributed by atoms with Gasteiger partial charge in [-0.15, -0.1) is 0 Å². The van der Waals surface area contributed by atoms with Crippen molar-refractivity contribution in [3.8, 4) is 0 Å². The molecular formula is C21H29N5O. The molecule has 1 unspecified atom stereocenters. The molecule has 2 aromatic heterocycles. The van der Waals surface area contributed by atoms with E-state index in [0.29, 0.717) is 18.5 Å². The summed E-state index contributed by atoms with van der Waals surface area (Å²) in [6, 6.07) is 3.83. The fourth-order valence-electron chi connectivity index (χ4n) is 3.72. The van der Waals surface area contributed by atoms with Crippen molar-refractivity contribution in [2.75, 3.05) is 6.54 Å². The Bertz CT molecular complexity index is 848. The Morgan fingerprint density at radius 3 is 2.52 bits per heavy atom. The highest BCUT2D eigenvalue weighted by Gasteiger charge is 2.28. The van der Waals surface area contributed by atoms with Crippen LogP contribution in [0, 0.1) is 0 Å². The molecule has 2 fully saturated rings. The maximum absolute atomic E-state index is 12.3. The number of hydrogen-bond acceptors (Lipinski definition) is 5. The Kier molecular flexibility index (Phi) is 4.84. The molecule has 6 nitrogen and oxygen atoms in total. The van der Waals surface area contributed by atoms with Gasteiger partial charge in [0.2, 0.25) is 0 Å². The number of hydrogen-bond donors (Lipinski definition) is 0. The molecule has 0 amide bonds. The summed E-state index contributed by atoms with van der Waals surface area (Å²) < 4.78 is 1.65. The Morgan fingerprint density at radius 2 is 1.85 bits per heavy atom. The SMILES string of the molecule is CC(C)(C)c1ccc(=O)n(CC2CCCN2Cc2cnc(C3CC3)nc2)n1. The Hall–Kier alpha value is -2.08. The van der Waals surface area contributed by atoms with Crippen LogP contribution < -0.4 is 5.56 Å². The molecule has 0 spiro atoms. The van der Waals surface area contributed by atoms with Gasteiger partial charge in [0.1, 0.15) is 5.82 Å². The van der Waals surface area contributed by atoms with Crippen molar-refractivity contribution in [3.63, 3.8) is 0 Å². The summed E-state index contributed by atoms with van der Waals surface area (Å²) in [7, 11) is 0. The maximum atomic E-state index is 12.3. The minimum atomic E-state index is -0.0640. The molecule has 1 saturated carbocycles. The van der Waals surface area contributed by atoms with Gasteiger partial charge < -0.3 is 0 Å². The Labute approximate surface area is 160 Å². The van der Waals surface area contributed by atoms with Gasteiger partial charge >= 0.3 is 0 Å². The first-order valence-electron chi connectivity index (χ1n) is 10.0. The Morgan fingerprint density at radius 1 is 1.11 bits per heavy atom. The van der Waals surface area contributed by atoms with E-state index in [4.69, 9.17) is 0 Å². The molecule has 1 saturated heterocycles. The maximum Gasteiger partial charge on any atom is 0.266 e. The van der Waals surface area contributed by atoms with Gasteiger partial charge in [-0.2, -0.15) is 5.10 Å². The van der Waals surface area contributed by atoms with Crippen molar-refractivity contribution in [2.45, 2.75) is 76.9 Å². The first-order chi connectivity index (χ1) is 12.9. The highest BCUT2D eigenvalue weighted by Crippen LogP contribution is 2.37. The average molecular weight is 367 g/mol. The molecule has 6 heteroatoms. The zero-order chi connectivity index (χ0) is 19.0. The second-order valence-electron chi connectivity index (χ2n) is 8.98. The third kappa shape index (κ3) is 4.26. The molecule has 1 atom stereocenters. The highest BCUT2D eigenvalue weighted by atomic mass is 16.1. The van der Waals surface area contributed by atoms with Gasteiger partial charge in [0.15, 0.2) is 0 Å². The minimum absolute atomic E-state index is 0.0213. The van der Waals surface area contributed by atoms with E-state index in [-0.39, 0.29) is 11.0 Å². The van der Waals surface area contributed by atoms with Crippen LogP contribution in [0.15, 0.2) is 29.3 Å². The smallest absolute Gasteiger partial charge is 0.266 e. The van der Waals surface area contributed by atoms with Gasteiger partial charge in [0, 0.05) is 47.9 Å². The van der Waals surface area contributed by atoms with E-state index in [2.05, 4.69) is 40.7 Å². The van der Waals surface area contributed by atoms with Crippen molar-refractivity contribution < 1.29 is 0 Å². The van der Waals surface area contributed by atoms with Crippen LogP contribution in [0.1, 0.15) is 69.5 Å². The predicted molar refractivity (Wildman–Crippen MR) is 105 cm³/mol. The van der Waals surface area contributed by atoms with Gasteiger partial charge in [0.25, 0.3) is 5.56 Å². The van der Waals surface area contributed by atoms with Gasteiger partial charge in [-0.05, 0) is 38.3 Å². The summed E-state index contributed by atoms with van der Waals surface area (Å²) in [6.07, 6.45) is 8.64. The van der Waals surface area contributed by atoms with E-state index >= 15 is 0 Å². The van der Waals surface area contributed by atoms with Crippen LogP contribution in [0.5, 0.6) is 0 Å². The molecule has 0 N–H and O–H groups in total. The summed E-state index contributed by atoms with van der Waals surface area (Å²) in [5, 5.41) is 4.64. The molecule has 0 aromatic carbocycles. The van der Waals surface area contributed by atoms with Gasteiger partial charge in [-0.1, -0.05) is 20.8 Å². The highest BCUT2D eigenvalue weighted by molar-refractivity contribution is 5.12. The third-order valence-corrected chi connectivity index (χ3v) is 5.57. The van der Waals surface area contributed by atoms with Crippen molar-refractivity contribution >= 4 is 0 Å². The van der Waals surface area contributed by atoms with Gasteiger partial charge in [-0.3, -0.25) is 9.69 Å². The quantitative estimate of drug-likeness (QED) is 0.813. The van der Waals surface area contributed by atoms with Crippen LogP contribution in [0.3, 0.4) is 0 Å². The molecule has 4 rings (SSSR count). The second kappa shape index (κ2) is 7.15. The predicted octanol–water partition coefficient (Wildman–Crippen LogP) is 2.87. The standard InChI is InChI=1S/C21H29N5O/c1-21(2,3)18-8-9-19(27)26(24-18)14-17-5-4-10-25(17)13-15-11-22-20(23-12-15)16-6-7-16/h8-9,11-12,16-17H,4-7,10,13-14H2,1-3H3. The van der Waals surface area contributed by atoms with Crippen molar-refractivity contribution in [2.24, 2.45) is 0 Å². The number of rotatable bonds is 5. The van der Waals surface area contributed by atoms with Crippen LogP contribution in [0.2, 0.25) is 0 Å². The van der Waals surface area contributed by atoms with E-state index in [1.54, 1.807) is 10.7 Å². The number of nitrogens with zero attached hydrogens (tertiary/aromatic N) is 5. The normalized spacial score (nSPS) is 20.9. The van der Waals surface area contributed by atoms with E-state index in [1.165, 1.54) is 12.8 Å². The van der Waals surface area contributed by atoms with E-state index in [9.17, 15) is 4.79 Å². The van der Waals surface area contributed by atoms with Crippen LogP contribution >= 0.6 is 0 Å². The van der Waals surface area contributed by atoms with Gasteiger partial charge in [-0.25, -0.2) is 14.6 Å². The lowest BCUT2D eigenvalue weighted by Crippen LogP contribution is -2.37. The molecule has 2 aromatic rings. The summed E-state index contributed by atoms with van der Waals surface area (Å²) in [4.78, 5) is 23.8. The third-order valence-electron chi connectivity index (χ3n) is 5.57. The van der Waals surface area contributed by atoms with Crippen LogP contribution in [0.25, 0.3) is 0 Å². The number of aromatic nitrogens is 4. The summed E-state index contributed by atoms with van der Waals surface area (Å²) in [5.41, 5.74) is 2.02. The summed E-state index contributed by atoms with van der Waals surface area (Å²) in [5.74, 6) is 1.58. The molecule has 1 aliphatic heterocycles. The van der Waals surface area contributed by atoms with Crippen LogP contribution in [-0.2, 0) is 18.5 Å². The van der Waals surface area contributed by atoms with E-state index in [1.807, 2.05) is 18.5 Å². The van der Waals surface area contributed by atoms with Gasteiger partial charge in [0.05, 0.1) is 12.2 Å². The molecule has 2 aliphatic rings. The second-order valence-corrected chi connectivity index (χ2v) is 8.98. The minimum Gasteiger partial charge on any atom is -0.294 e. The fourth-order valence-corrected chi connectivity index (χ4v) is 3.72. The molecule has 1 aliphatic carbocycles. The molecule has 27 heavy (non-hydrogen) atoms. The van der Waals surface area contributed by atoms with Crippen molar-refractivity contribution in [1.29, 1.82) is 0 Å². The topological polar surface area (TPSA) is 63.9 Å². The van der Waals surface area contributed by atoms with Crippen molar-refractivity contribution in [3.05, 3.63) is 52.0 Å². The molecule has 0 bridgehead atoms. The van der Waals surface area contributed by atoms with Crippen LogP contribution in [0.4, 0.5) is 0 Å². The van der Waals surface area contributed by atoms with Crippen molar-refractivity contribution in [1.82, 2.24) is 24.6 Å². The lowest BCUT2D eigenvalue weighted by Gasteiger charge is -2.25. The fraction of sp³-hybridized carbons (Fsp3) is 0.619. The van der Waals surface area contributed by atoms with E-state index < -0.39 is 0 Å². The molecule has 0 radical (unpaired) electrons. The zero-order valence-electron chi connectivity index (χ0n) is 16.6. The largest absolute Gasteiger partial charge is 0.294 e. The lowest BCUT2D eigenvalue weighted by molar-refractivity contribution is 0.215. The molecule has 144 valence electrons. The monoisotopic (exact) mass is 367 g/mol. The van der Waals surface area contributed by atoms with E-state index in [0.717, 1.165) is 43.0 Å². The molecular weight excluding hydrogens is 338 g/mol. The molecule has 3 heterocycles. The lowest BCUT2D eigenvalue weighted by atomic mass is 9.92. The zero-order valence-corrected chi connectivity index (χ0v) is 16.6. The average Bonchev–Trinajstić information content (AvgIpc) is 3.39. The summed E-state index contributed by atoms with van der Waals surface area (Å²) in [6.45, 7) is 8.89. The first kappa shape index (κ1) is 18.3. The number of likely N-dealkylation sites (tertiary alicyclic amines) is 1.